The Hall–Kier alpha value is -4.88. The summed E-state index contributed by atoms with van der Waals surface area (Å²) in [6.07, 6.45) is 0. The molecule has 0 amide bonds. The summed E-state index contributed by atoms with van der Waals surface area (Å²) in [6.45, 7) is 0. The molecule has 172 valence electrons. The summed E-state index contributed by atoms with van der Waals surface area (Å²) in [5, 5.41) is 6.38. The van der Waals surface area contributed by atoms with Crippen LogP contribution in [0, 0.1) is 0 Å². The lowest BCUT2D eigenvalue weighted by atomic mass is 9.85. The van der Waals surface area contributed by atoms with Crippen LogP contribution >= 0.6 is 0 Å². The fourth-order valence-corrected chi connectivity index (χ4v) is 5.75. The zero-order valence-corrected chi connectivity index (χ0v) is 19.8. The van der Waals surface area contributed by atoms with Gasteiger partial charge in [-0.15, -0.1) is 0 Å². The first-order valence-electron chi connectivity index (χ1n) is 14.4. The lowest BCUT2D eigenvalue weighted by molar-refractivity contribution is 0.673. The van der Waals surface area contributed by atoms with Crippen molar-refractivity contribution in [2.45, 2.75) is 0 Å². The van der Waals surface area contributed by atoms with Gasteiger partial charge in [0.2, 0.25) is 0 Å². The van der Waals surface area contributed by atoms with E-state index in [2.05, 4.69) is 24.3 Å². The van der Waals surface area contributed by atoms with Crippen molar-refractivity contribution >= 4 is 54.3 Å². The van der Waals surface area contributed by atoms with Crippen molar-refractivity contribution in [1.82, 2.24) is 0 Å². The van der Waals surface area contributed by atoms with Crippen LogP contribution in [-0.2, 0) is 0 Å². The molecule has 1 aromatic heterocycles. The van der Waals surface area contributed by atoms with Crippen LogP contribution in [0.4, 0.5) is 0 Å². The van der Waals surface area contributed by atoms with Gasteiger partial charge in [0.25, 0.3) is 0 Å². The molecule has 7 aromatic carbocycles. The number of benzene rings is 7. The fourth-order valence-electron chi connectivity index (χ4n) is 5.75. The van der Waals surface area contributed by atoms with Gasteiger partial charge in [-0.3, -0.25) is 0 Å². The molecule has 0 fully saturated rings. The molecule has 0 aliphatic rings. The average Bonchev–Trinajstić information content (AvgIpc) is 3.40. The second-order valence-electron chi connectivity index (χ2n) is 9.30. The SMILES string of the molecule is [2H]c1ccc([2H])c2c(-c3cccc4oc5c6ccccc6ccc5c34)c3c([2H])ccc([2H])c3c(-c3ccccc3)c12. The minimum Gasteiger partial charge on any atom is -0.455 e. The highest BCUT2D eigenvalue weighted by molar-refractivity contribution is 6.26. The number of hydrogen-bond acceptors (Lipinski definition) is 1. The van der Waals surface area contributed by atoms with Crippen molar-refractivity contribution in [2.75, 3.05) is 0 Å². The molecular formula is C36H22O. The van der Waals surface area contributed by atoms with E-state index in [0.717, 1.165) is 38.3 Å². The third-order valence-electron chi connectivity index (χ3n) is 7.30. The Morgan fingerprint density at radius 1 is 0.459 bits per heavy atom. The molecule has 0 unspecified atom stereocenters. The Labute approximate surface area is 219 Å². The molecule has 8 aromatic rings. The summed E-state index contributed by atoms with van der Waals surface area (Å²) in [5.74, 6) is 0. The lowest BCUT2D eigenvalue weighted by Crippen LogP contribution is -1.91. The van der Waals surface area contributed by atoms with Crippen LogP contribution in [0.5, 0.6) is 0 Å². The predicted molar refractivity (Wildman–Crippen MR) is 157 cm³/mol. The Balaban J connectivity index is 1.66. The highest BCUT2D eigenvalue weighted by Crippen LogP contribution is 2.47. The van der Waals surface area contributed by atoms with Gasteiger partial charge in [-0.05, 0) is 61.3 Å². The van der Waals surface area contributed by atoms with Crippen molar-refractivity contribution in [1.29, 1.82) is 0 Å². The molecule has 0 bridgehead atoms. The maximum absolute atomic E-state index is 9.14. The summed E-state index contributed by atoms with van der Waals surface area (Å²) in [5.41, 5.74) is 4.58. The van der Waals surface area contributed by atoms with Crippen LogP contribution in [0.1, 0.15) is 5.48 Å². The average molecular weight is 475 g/mol. The molecule has 0 aliphatic heterocycles. The summed E-state index contributed by atoms with van der Waals surface area (Å²) in [6, 6.07) is 35.7. The van der Waals surface area contributed by atoms with Crippen LogP contribution in [0.2, 0.25) is 0 Å². The van der Waals surface area contributed by atoms with Crippen molar-refractivity contribution < 1.29 is 9.90 Å². The van der Waals surface area contributed by atoms with Crippen LogP contribution in [-0.4, -0.2) is 0 Å². The standard InChI is InChI=1S/C36H22O/c1-2-12-24(13-3-1)33-26-15-6-8-17-28(26)34(29-18-9-7-16-27(29)33)30-19-10-20-32-35(30)31-22-21-23-11-4-5-14-25(23)36(31)37-32/h1-22H/i15D,16D,17D,18D. The third kappa shape index (κ3) is 2.92. The smallest absolute Gasteiger partial charge is 0.143 e. The Kier molecular flexibility index (Phi) is 3.53. The molecule has 1 nitrogen and oxygen atoms in total. The van der Waals surface area contributed by atoms with E-state index < -0.39 is 0 Å². The second-order valence-corrected chi connectivity index (χ2v) is 9.30. The minimum atomic E-state index is 0.273. The predicted octanol–water partition coefficient (Wildman–Crippen LogP) is 10.4. The number of hydrogen-bond donors (Lipinski definition) is 0. The van der Waals surface area contributed by atoms with E-state index in [4.69, 9.17) is 9.90 Å². The van der Waals surface area contributed by atoms with Gasteiger partial charge in [-0.2, -0.15) is 0 Å². The van der Waals surface area contributed by atoms with E-state index in [1.807, 2.05) is 60.7 Å². The summed E-state index contributed by atoms with van der Waals surface area (Å²) in [4.78, 5) is 0. The first-order valence-corrected chi connectivity index (χ1v) is 12.4. The zero-order valence-electron chi connectivity index (χ0n) is 23.8. The van der Waals surface area contributed by atoms with Crippen molar-refractivity contribution in [2.24, 2.45) is 0 Å². The van der Waals surface area contributed by atoms with E-state index in [-0.39, 0.29) is 24.2 Å². The largest absolute Gasteiger partial charge is 0.455 e. The molecular weight excluding hydrogens is 448 g/mol. The molecule has 37 heavy (non-hydrogen) atoms. The number of fused-ring (bicyclic) bond motifs is 7. The van der Waals surface area contributed by atoms with Gasteiger partial charge in [0.05, 0.1) is 5.48 Å². The van der Waals surface area contributed by atoms with Crippen LogP contribution < -0.4 is 0 Å². The summed E-state index contributed by atoms with van der Waals surface area (Å²) < 4.78 is 42.9. The van der Waals surface area contributed by atoms with Crippen molar-refractivity contribution in [3.63, 3.8) is 0 Å². The Morgan fingerprint density at radius 2 is 1.11 bits per heavy atom. The maximum Gasteiger partial charge on any atom is 0.143 e. The molecule has 0 spiro atoms. The summed E-state index contributed by atoms with van der Waals surface area (Å²) >= 11 is 0. The number of rotatable bonds is 2. The first-order chi connectivity index (χ1) is 20.0. The first kappa shape index (κ1) is 16.7. The quantitative estimate of drug-likeness (QED) is 0.227. The normalized spacial score (nSPS) is 13.3. The van der Waals surface area contributed by atoms with Gasteiger partial charge in [0.15, 0.2) is 0 Å². The topological polar surface area (TPSA) is 13.1 Å². The van der Waals surface area contributed by atoms with Gasteiger partial charge < -0.3 is 4.42 Å². The van der Waals surface area contributed by atoms with E-state index in [1.54, 1.807) is 24.3 Å². The second kappa shape index (κ2) is 7.81. The fraction of sp³-hybridized carbons (Fsp3) is 0. The molecule has 1 heterocycles. The molecule has 0 saturated carbocycles. The molecule has 0 atom stereocenters. The van der Waals surface area contributed by atoms with Crippen LogP contribution in [0.15, 0.2) is 138 Å². The Morgan fingerprint density at radius 3 is 1.84 bits per heavy atom. The minimum absolute atomic E-state index is 0.273. The van der Waals surface area contributed by atoms with E-state index in [0.29, 0.717) is 38.3 Å². The van der Waals surface area contributed by atoms with E-state index in [9.17, 15) is 0 Å². The zero-order chi connectivity index (χ0) is 27.8. The van der Waals surface area contributed by atoms with Crippen LogP contribution in [0.3, 0.4) is 0 Å². The van der Waals surface area contributed by atoms with E-state index in [1.165, 1.54) is 0 Å². The lowest BCUT2D eigenvalue weighted by Gasteiger charge is -2.18. The highest BCUT2D eigenvalue weighted by atomic mass is 16.3. The Bertz CT molecular complexity index is 2280. The highest BCUT2D eigenvalue weighted by Gasteiger charge is 2.20. The van der Waals surface area contributed by atoms with Crippen molar-refractivity contribution in [3.8, 4) is 22.3 Å². The van der Waals surface area contributed by atoms with Gasteiger partial charge in [-0.1, -0.05) is 121 Å². The monoisotopic (exact) mass is 474 g/mol. The molecule has 0 radical (unpaired) electrons. The molecule has 8 rings (SSSR count). The van der Waals surface area contributed by atoms with Crippen molar-refractivity contribution in [3.05, 3.63) is 133 Å². The molecule has 0 saturated heterocycles. The van der Waals surface area contributed by atoms with Gasteiger partial charge in [-0.25, -0.2) is 0 Å². The molecule has 1 heteroatoms. The third-order valence-corrected chi connectivity index (χ3v) is 7.30. The van der Waals surface area contributed by atoms with Gasteiger partial charge in [0, 0.05) is 16.2 Å². The van der Waals surface area contributed by atoms with Gasteiger partial charge >= 0.3 is 0 Å². The van der Waals surface area contributed by atoms with Crippen LogP contribution in [0.25, 0.3) is 76.5 Å². The maximum atomic E-state index is 9.14. The number of furan rings is 1. The van der Waals surface area contributed by atoms with E-state index >= 15 is 0 Å². The molecule has 0 aliphatic carbocycles. The van der Waals surface area contributed by atoms with Gasteiger partial charge in [0.1, 0.15) is 11.2 Å². The summed E-state index contributed by atoms with van der Waals surface area (Å²) in [7, 11) is 0. The molecule has 0 N–H and O–H groups in total.